The zero-order valence-electron chi connectivity index (χ0n) is 27.4. The van der Waals surface area contributed by atoms with Crippen LogP contribution in [0.25, 0.3) is 5.69 Å². The van der Waals surface area contributed by atoms with Gasteiger partial charge < -0.3 is 33.2 Å². The molecule has 0 aliphatic carbocycles. The first-order valence-electron chi connectivity index (χ1n) is 16.1. The Morgan fingerprint density at radius 1 is 1.11 bits per heavy atom. The molecule has 0 bridgehead atoms. The Labute approximate surface area is 274 Å². The molecule has 2 aromatic carbocycles. The van der Waals surface area contributed by atoms with Gasteiger partial charge in [0.2, 0.25) is 14.3 Å². The van der Waals surface area contributed by atoms with Crippen molar-refractivity contribution in [3.63, 3.8) is 0 Å². The molecule has 4 heterocycles. The maximum absolute atomic E-state index is 16.3. The molecule has 3 aliphatic rings. The highest BCUT2D eigenvalue weighted by Gasteiger charge is 2.67. The van der Waals surface area contributed by atoms with Crippen LogP contribution in [-0.2, 0) is 26.5 Å². The molecule has 250 valence electrons. The van der Waals surface area contributed by atoms with Gasteiger partial charge in [-0.1, -0.05) is 19.1 Å². The first-order valence-corrected chi connectivity index (χ1v) is 19.0. The number of ether oxygens (including phenoxy) is 3. The summed E-state index contributed by atoms with van der Waals surface area (Å²) in [6.45, 7) is 5.65. The number of carbonyl (C=O) groups is 2. The molecule has 1 N–H and O–H groups in total. The van der Waals surface area contributed by atoms with Crippen molar-refractivity contribution in [1.82, 2.24) is 9.47 Å². The minimum atomic E-state index is -3.49. The van der Waals surface area contributed by atoms with Crippen molar-refractivity contribution >= 4 is 25.9 Å². The number of pyridine rings is 1. The first-order chi connectivity index (χ1) is 22.4. The van der Waals surface area contributed by atoms with E-state index in [-0.39, 0.29) is 48.7 Å². The molecular formula is C35H42FN3O7Si. The lowest BCUT2D eigenvalue weighted by atomic mass is 9.82. The lowest BCUT2D eigenvalue weighted by Crippen LogP contribution is -2.45. The number of benzene rings is 2. The SMILES string of the molecule is COc1ccc2c(c1)[C@]1(O[C@@H](CC(=O)N3CCC[C@H]3CO)[C@H]([Si](C)(C)F)[C@H]1C)C(=O)N2Cc1cccc(-n2cccc(OC)c2=O)c1. The Bertz CT molecular complexity index is 1740. The van der Waals surface area contributed by atoms with Gasteiger partial charge in [0.05, 0.1) is 51.6 Å². The van der Waals surface area contributed by atoms with E-state index in [1.807, 2.05) is 31.2 Å². The van der Waals surface area contributed by atoms with Crippen LogP contribution in [0.4, 0.5) is 9.80 Å². The first kappa shape index (κ1) is 32.9. The summed E-state index contributed by atoms with van der Waals surface area (Å²) in [5.74, 6) is -0.363. The van der Waals surface area contributed by atoms with Crippen molar-refractivity contribution in [2.75, 3.05) is 32.3 Å². The average Bonchev–Trinajstić information content (AvgIpc) is 3.71. The highest BCUT2D eigenvalue weighted by Crippen LogP contribution is 2.60. The minimum absolute atomic E-state index is 0.0719. The molecule has 1 spiro atoms. The van der Waals surface area contributed by atoms with Crippen LogP contribution in [0.3, 0.4) is 0 Å². The van der Waals surface area contributed by atoms with Gasteiger partial charge >= 0.3 is 0 Å². The monoisotopic (exact) mass is 663 g/mol. The number of amides is 2. The van der Waals surface area contributed by atoms with Crippen LogP contribution in [0, 0.1) is 5.92 Å². The molecule has 3 aliphatic heterocycles. The summed E-state index contributed by atoms with van der Waals surface area (Å²) in [5, 5.41) is 9.84. The fourth-order valence-electron chi connectivity index (χ4n) is 7.97. The van der Waals surface area contributed by atoms with Crippen LogP contribution in [0.15, 0.2) is 65.6 Å². The van der Waals surface area contributed by atoms with E-state index in [1.54, 1.807) is 66.5 Å². The molecule has 2 fully saturated rings. The van der Waals surface area contributed by atoms with Crippen molar-refractivity contribution in [3.05, 3.63) is 82.3 Å². The van der Waals surface area contributed by atoms with E-state index < -0.39 is 31.6 Å². The third kappa shape index (κ3) is 5.55. The molecule has 3 aromatic rings. The van der Waals surface area contributed by atoms with Crippen molar-refractivity contribution in [2.45, 2.75) is 69.1 Å². The Morgan fingerprint density at radius 3 is 2.60 bits per heavy atom. The lowest BCUT2D eigenvalue weighted by Gasteiger charge is -2.31. The summed E-state index contributed by atoms with van der Waals surface area (Å²) in [7, 11) is -0.502. The van der Waals surface area contributed by atoms with Crippen molar-refractivity contribution in [2.24, 2.45) is 5.92 Å². The number of aliphatic hydroxyl groups excluding tert-OH is 1. The maximum atomic E-state index is 16.3. The van der Waals surface area contributed by atoms with Gasteiger partial charge in [-0.05, 0) is 74.0 Å². The topological polar surface area (TPSA) is 111 Å². The van der Waals surface area contributed by atoms with Crippen LogP contribution in [0.2, 0.25) is 18.6 Å². The molecule has 12 heteroatoms. The largest absolute Gasteiger partial charge is 0.497 e. The number of likely N-dealkylation sites (tertiary alicyclic amines) is 1. The number of anilines is 1. The molecule has 1 aromatic heterocycles. The fraction of sp³-hybridized carbons (Fsp3) is 0.457. The van der Waals surface area contributed by atoms with E-state index >= 15 is 4.11 Å². The molecule has 47 heavy (non-hydrogen) atoms. The number of carbonyl (C=O) groups excluding carboxylic acids is 2. The van der Waals surface area contributed by atoms with E-state index in [0.29, 0.717) is 29.2 Å². The third-order valence-electron chi connectivity index (χ3n) is 10.1. The number of aliphatic hydroxyl groups is 1. The van der Waals surface area contributed by atoms with Gasteiger partial charge in [0.25, 0.3) is 11.5 Å². The second kappa shape index (κ2) is 12.5. The van der Waals surface area contributed by atoms with E-state index in [4.69, 9.17) is 14.2 Å². The van der Waals surface area contributed by atoms with Gasteiger partial charge in [0, 0.05) is 35.5 Å². The van der Waals surface area contributed by atoms with Crippen molar-refractivity contribution in [3.8, 4) is 17.2 Å². The predicted molar refractivity (Wildman–Crippen MR) is 177 cm³/mol. The van der Waals surface area contributed by atoms with Crippen LogP contribution < -0.4 is 19.9 Å². The Hall–Kier alpha value is -4.00. The smallest absolute Gasteiger partial charge is 0.297 e. The average molecular weight is 664 g/mol. The van der Waals surface area contributed by atoms with Crippen LogP contribution in [0.5, 0.6) is 11.5 Å². The molecule has 0 saturated carbocycles. The summed E-state index contributed by atoms with van der Waals surface area (Å²) < 4.78 is 35.3. The quantitative estimate of drug-likeness (QED) is 0.264. The Morgan fingerprint density at radius 2 is 1.89 bits per heavy atom. The zero-order chi connectivity index (χ0) is 33.7. The minimum Gasteiger partial charge on any atom is -0.497 e. The number of rotatable bonds is 9. The Kier molecular flexibility index (Phi) is 8.79. The molecule has 0 unspecified atom stereocenters. The second-order valence-electron chi connectivity index (χ2n) is 13.2. The number of nitrogens with zero attached hydrogens (tertiary/aromatic N) is 3. The van der Waals surface area contributed by atoms with Gasteiger partial charge in [-0.25, -0.2) is 0 Å². The van der Waals surface area contributed by atoms with E-state index in [2.05, 4.69) is 0 Å². The molecule has 6 rings (SSSR count). The lowest BCUT2D eigenvalue weighted by molar-refractivity contribution is -0.150. The standard InChI is InChI=1S/C35H42FN3O7Si/c1-22-32(47(4,5)36)30(19-31(41)37-15-7-11-25(37)21-40)46-35(22)27-18-26(44-2)13-14-28(27)39(34(35)43)20-23-9-6-10-24(17-23)38-16-8-12-29(45-3)33(38)42/h6,8-10,12-14,16-18,22,25,30,32,40H,7,11,15,19-21H2,1-5H3/t22-,25+,30+,32-,35+/m1/s1. The van der Waals surface area contributed by atoms with Crippen LogP contribution in [0.1, 0.15) is 37.3 Å². The van der Waals surface area contributed by atoms with Gasteiger partial charge in [-0.2, -0.15) is 0 Å². The van der Waals surface area contributed by atoms with E-state index in [9.17, 15) is 19.5 Å². The summed E-state index contributed by atoms with van der Waals surface area (Å²) >= 11 is 0. The predicted octanol–water partition coefficient (Wildman–Crippen LogP) is 4.55. The number of aromatic nitrogens is 1. The highest BCUT2D eigenvalue weighted by molar-refractivity contribution is 6.72. The van der Waals surface area contributed by atoms with Gasteiger partial charge in [0.15, 0.2) is 11.4 Å². The number of methoxy groups -OCH3 is 2. The molecule has 2 amide bonds. The van der Waals surface area contributed by atoms with Crippen LogP contribution in [-0.4, -0.2) is 74.3 Å². The number of hydrogen-bond acceptors (Lipinski definition) is 7. The number of halogens is 1. The maximum Gasteiger partial charge on any atom is 0.297 e. The number of fused-ring (bicyclic) bond motifs is 2. The molecule has 2 saturated heterocycles. The molecule has 10 nitrogen and oxygen atoms in total. The van der Waals surface area contributed by atoms with Gasteiger partial charge in [-0.15, -0.1) is 0 Å². The van der Waals surface area contributed by atoms with Crippen molar-refractivity contribution in [1.29, 1.82) is 0 Å². The summed E-state index contributed by atoms with van der Waals surface area (Å²) in [6.07, 6.45) is 2.27. The third-order valence-corrected chi connectivity index (χ3v) is 12.6. The Balaban J connectivity index is 1.38. The summed E-state index contributed by atoms with van der Waals surface area (Å²) in [4.78, 5) is 44.7. The number of hydrogen-bond donors (Lipinski definition) is 1. The van der Waals surface area contributed by atoms with Crippen molar-refractivity contribution < 1.29 is 33.0 Å². The summed E-state index contributed by atoms with van der Waals surface area (Å²) in [5.41, 5.74) is 0.101. The van der Waals surface area contributed by atoms with Gasteiger partial charge in [-0.3, -0.25) is 19.0 Å². The fourth-order valence-corrected chi connectivity index (χ4v) is 10.5. The zero-order valence-corrected chi connectivity index (χ0v) is 28.4. The second-order valence-corrected chi connectivity index (χ2v) is 17.0. The van der Waals surface area contributed by atoms with E-state index in [1.165, 1.54) is 11.7 Å². The normalized spacial score (nSPS) is 25.5. The molecule has 0 radical (unpaired) electrons. The van der Waals surface area contributed by atoms with E-state index in [0.717, 1.165) is 18.4 Å². The molecular weight excluding hydrogens is 621 g/mol. The molecule has 5 atom stereocenters. The highest BCUT2D eigenvalue weighted by atomic mass is 28.4. The van der Waals surface area contributed by atoms with Gasteiger partial charge in [0.1, 0.15) is 5.75 Å². The van der Waals surface area contributed by atoms with Crippen LogP contribution >= 0.6 is 0 Å². The summed E-state index contributed by atoms with van der Waals surface area (Å²) in [6, 6.07) is 15.8.